The van der Waals surface area contributed by atoms with Gasteiger partial charge in [-0.1, -0.05) is 0 Å². The number of phenolic OH excluding ortho intramolecular Hbond substituents is 6. The van der Waals surface area contributed by atoms with Crippen LogP contribution in [0, 0.1) is 5.92 Å². The lowest BCUT2D eigenvalue weighted by atomic mass is 9.95. The third-order valence-electron chi connectivity index (χ3n) is 3.22. The third kappa shape index (κ3) is 5.31. The van der Waals surface area contributed by atoms with E-state index in [2.05, 4.69) is 0 Å². The Morgan fingerprint density at radius 3 is 1.36 bits per heavy atom. The Morgan fingerprint density at radius 1 is 0.720 bits per heavy atom. The van der Waals surface area contributed by atoms with Gasteiger partial charge in [-0.05, 0) is 13.8 Å². The molecule has 0 aliphatic heterocycles. The van der Waals surface area contributed by atoms with E-state index >= 15 is 0 Å². The topological polar surface area (TPSA) is 156 Å². The molecular formula is C17H18O8. The predicted molar refractivity (Wildman–Crippen MR) is 87.0 cm³/mol. The first-order valence-corrected chi connectivity index (χ1v) is 7.04. The number of hydrogen-bond donors (Lipinski definition) is 6. The number of benzene rings is 2. The zero-order valence-corrected chi connectivity index (χ0v) is 13.5. The molecule has 0 amide bonds. The Morgan fingerprint density at radius 2 is 1.04 bits per heavy atom. The van der Waals surface area contributed by atoms with E-state index in [9.17, 15) is 19.8 Å². The minimum absolute atomic E-state index is 0.146. The largest absolute Gasteiger partial charge is 0.508 e. The maximum atomic E-state index is 11.7. The molecule has 0 aromatic heterocycles. The lowest BCUT2D eigenvalue weighted by Crippen LogP contribution is -2.18. The van der Waals surface area contributed by atoms with Gasteiger partial charge in [0.2, 0.25) is 0 Å². The minimum Gasteiger partial charge on any atom is -0.508 e. The second-order valence-corrected chi connectivity index (χ2v) is 5.26. The Balaban J connectivity index is 0.000000293. The number of carbonyl (C=O) groups excluding carboxylic acids is 2. The second kappa shape index (κ2) is 7.91. The highest BCUT2D eigenvalue weighted by Crippen LogP contribution is 2.33. The Bertz CT molecular complexity index is 724. The van der Waals surface area contributed by atoms with Crippen molar-refractivity contribution in [1.82, 2.24) is 0 Å². The number of rotatable bonds is 3. The first kappa shape index (κ1) is 19.6. The summed E-state index contributed by atoms with van der Waals surface area (Å²) in [5.74, 6) is -3.87. The van der Waals surface area contributed by atoms with Gasteiger partial charge in [-0.3, -0.25) is 9.59 Å². The van der Waals surface area contributed by atoms with E-state index in [1.807, 2.05) is 0 Å². The monoisotopic (exact) mass is 350 g/mol. The van der Waals surface area contributed by atoms with Gasteiger partial charge < -0.3 is 30.6 Å². The Labute approximate surface area is 142 Å². The van der Waals surface area contributed by atoms with Gasteiger partial charge in [0.05, 0.1) is 5.92 Å². The van der Waals surface area contributed by atoms with E-state index in [1.54, 1.807) is 0 Å². The van der Waals surface area contributed by atoms with Crippen molar-refractivity contribution in [2.75, 3.05) is 0 Å². The van der Waals surface area contributed by atoms with E-state index in [1.165, 1.54) is 13.8 Å². The fraction of sp³-hybridized carbons (Fsp3) is 0.176. The van der Waals surface area contributed by atoms with Crippen molar-refractivity contribution in [3.05, 3.63) is 35.9 Å². The molecule has 25 heavy (non-hydrogen) atoms. The fourth-order valence-electron chi connectivity index (χ4n) is 1.83. The normalized spacial score (nSPS) is 11.1. The average Bonchev–Trinajstić information content (AvgIpc) is 2.44. The van der Waals surface area contributed by atoms with Gasteiger partial charge in [-0.25, -0.2) is 0 Å². The molecule has 2 aromatic rings. The van der Waals surface area contributed by atoms with Crippen LogP contribution >= 0.6 is 0 Å². The molecule has 0 saturated heterocycles. The van der Waals surface area contributed by atoms with E-state index in [4.69, 9.17) is 20.4 Å². The van der Waals surface area contributed by atoms with Gasteiger partial charge in [-0.2, -0.15) is 0 Å². The summed E-state index contributed by atoms with van der Waals surface area (Å²) in [6.07, 6.45) is 0. The van der Waals surface area contributed by atoms with Crippen LogP contribution in [0.4, 0.5) is 0 Å². The van der Waals surface area contributed by atoms with Crippen molar-refractivity contribution in [2.45, 2.75) is 13.8 Å². The fourth-order valence-corrected chi connectivity index (χ4v) is 1.83. The molecule has 0 aliphatic carbocycles. The Kier molecular flexibility index (Phi) is 6.21. The van der Waals surface area contributed by atoms with Crippen LogP contribution in [0.1, 0.15) is 24.2 Å². The molecule has 0 bridgehead atoms. The van der Waals surface area contributed by atoms with E-state index in [-0.39, 0.29) is 34.3 Å². The molecule has 0 radical (unpaired) electrons. The van der Waals surface area contributed by atoms with E-state index in [0.717, 1.165) is 30.3 Å². The summed E-state index contributed by atoms with van der Waals surface area (Å²) in [5, 5.41) is 53.9. The van der Waals surface area contributed by atoms with E-state index in [0.29, 0.717) is 0 Å². The zero-order chi connectivity index (χ0) is 19.3. The quantitative estimate of drug-likeness (QED) is 0.363. The highest BCUT2D eigenvalue weighted by atomic mass is 16.3. The number of ketones is 2. The maximum absolute atomic E-state index is 11.7. The van der Waals surface area contributed by atoms with Crippen molar-refractivity contribution in [2.24, 2.45) is 5.92 Å². The van der Waals surface area contributed by atoms with Gasteiger partial charge in [0.25, 0.3) is 0 Å². The van der Waals surface area contributed by atoms with Crippen LogP contribution in [-0.4, -0.2) is 42.2 Å². The van der Waals surface area contributed by atoms with Crippen LogP contribution in [0.3, 0.4) is 0 Å². The Hall–Kier alpha value is -3.42. The molecule has 8 heteroatoms. The molecule has 0 spiro atoms. The summed E-state index contributed by atoms with van der Waals surface area (Å²) in [5.41, 5.74) is -0.347. The van der Waals surface area contributed by atoms with Crippen molar-refractivity contribution in [3.63, 3.8) is 0 Å². The second-order valence-electron chi connectivity index (χ2n) is 5.26. The van der Waals surface area contributed by atoms with Crippen molar-refractivity contribution >= 4 is 11.6 Å². The van der Waals surface area contributed by atoms with Crippen LogP contribution in [0.15, 0.2) is 30.3 Å². The molecule has 0 heterocycles. The molecule has 134 valence electrons. The number of aromatic hydroxyl groups is 6. The van der Waals surface area contributed by atoms with Crippen LogP contribution in [0.5, 0.6) is 34.5 Å². The SMILES string of the molecule is CC(=O)C(C)C(=O)c1c(O)cc(O)cc1O.Oc1cc(O)cc(O)c1. The summed E-state index contributed by atoms with van der Waals surface area (Å²) < 4.78 is 0. The highest BCUT2D eigenvalue weighted by Gasteiger charge is 2.25. The molecule has 0 aliphatic rings. The van der Waals surface area contributed by atoms with Crippen LogP contribution in [-0.2, 0) is 4.79 Å². The highest BCUT2D eigenvalue weighted by molar-refractivity contribution is 6.12. The maximum Gasteiger partial charge on any atom is 0.180 e. The summed E-state index contributed by atoms with van der Waals surface area (Å²) >= 11 is 0. The summed E-state index contributed by atoms with van der Waals surface area (Å²) in [6.45, 7) is 2.63. The van der Waals surface area contributed by atoms with Gasteiger partial charge in [0.15, 0.2) is 5.78 Å². The van der Waals surface area contributed by atoms with Crippen molar-refractivity contribution < 1.29 is 40.2 Å². The van der Waals surface area contributed by atoms with Gasteiger partial charge in [0, 0.05) is 30.3 Å². The predicted octanol–water partition coefficient (Wildman–Crippen LogP) is 2.01. The molecule has 2 aromatic carbocycles. The number of carbonyl (C=O) groups is 2. The van der Waals surface area contributed by atoms with Crippen molar-refractivity contribution in [3.8, 4) is 34.5 Å². The summed E-state index contributed by atoms with van der Waals surface area (Å²) in [6, 6.07) is 5.28. The molecule has 1 atom stereocenters. The molecule has 8 nitrogen and oxygen atoms in total. The summed E-state index contributed by atoms with van der Waals surface area (Å²) in [4.78, 5) is 22.7. The third-order valence-corrected chi connectivity index (χ3v) is 3.22. The molecular weight excluding hydrogens is 332 g/mol. The van der Waals surface area contributed by atoms with Gasteiger partial charge in [-0.15, -0.1) is 0 Å². The average molecular weight is 350 g/mol. The number of Topliss-reactive ketones (excluding diaryl/α,β-unsaturated/α-hetero) is 2. The molecule has 6 N–H and O–H groups in total. The number of hydrogen-bond acceptors (Lipinski definition) is 8. The summed E-state index contributed by atoms with van der Waals surface area (Å²) in [7, 11) is 0. The zero-order valence-electron chi connectivity index (χ0n) is 13.5. The smallest absolute Gasteiger partial charge is 0.180 e. The standard InChI is InChI=1S/C11H12O5.C6H6O3/c1-5(6(2)12)11(16)10-8(14)3-7(13)4-9(10)15;7-4-1-5(8)3-6(9)2-4/h3-5,13-15H,1-2H3;1-3,7-9H. The van der Waals surface area contributed by atoms with Crippen LogP contribution in [0.2, 0.25) is 0 Å². The van der Waals surface area contributed by atoms with E-state index < -0.39 is 23.2 Å². The van der Waals surface area contributed by atoms with Gasteiger partial charge >= 0.3 is 0 Å². The molecule has 2 rings (SSSR count). The lowest BCUT2D eigenvalue weighted by molar-refractivity contribution is -0.118. The van der Waals surface area contributed by atoms with Crippen molar-refractivity contribution in [1.29, 1.82) is 0 Å². The molecule has 1 unspecified atom stereocenters. The first-order chi connectivity index (χ1) is 11.5. The van der Waals surface area contributed by atoms with Gasteiger partial charge in [0.1, 0.15) is 45.8 Å². The first-order valence-electron chi connectivity index (χ1n) is 7.04. The minimum atomic E-state index is -0.943. The number of phenols is 6. The van der Waals surface area contributed by atoms with Crippen LogP contribution < -0.4 is 0 Å². The molecule has 0 fully saturated rings. The molecule has 0 saturated carbocycles. The van der Waals surface area contributed by atoms with Crippen LogP contribution in [0.25, 0.3) is 0 Å². The lowest BCUT2D eigenvalue weighted by Gasteiger charge is -2.10.